The minimum atomic E-state index is -0.242. The van der Waals surface area contributed by atoms with Crippen LogP contribution in [-0.2, 0) is 6.54 Å². The third kappa shape index (κ3) is 4.67. The molecule has 132 valence electrons. The van der Waals surface area contributed by atoms with E-state index in [-0.39, 0.29) is 5.91 Å². The van der Waals surface area contributed by atoms with E-state index < -0.39 is 0 Å². The predicted molar refractivity (Wildman–Crippen MR) is 106 cm³/mol. The van der Waals surface area contributed by atoms with Gasteiger partial charge in [-0.05, 0) is 55.3 Å². The highest BCUT2D eigenvalue weighted by atomic mass is 79.9. The highest BCUT2D eigenvalue weighted by molar-refractivity contribution is 9.10. The van der Waals surface area contributed by atoms with Crippen molar-refractivity contribution in [2.45, 2.75) is 20.4 Å². The number of benzene rings is 2. The van der Waals surface area contributed by atoms with E-state index in [0.717, 1.165) is 27.0 Å². The molecule has 0 radical (unpaired) electrons. The fourth-order valence-corrected chi connectivity index (χ4v) is 3.00. The number of nitrogens with zero attached hydrogens (tertiary/aromatic N) is 3. The Morgan fingerprint density at radius 3 is 2.62 bits per heavy atom. The second-order valence-corrected chi connectivity index (χ2v) is 6.95. The molecule has 0 spiro atoms. The summed E-state index contributed by atoms with van der Waals surface area (Å²) in [5.74, 6) is -0.242. The third-order valence-electron chi connectivity index (χ3n) is 3.88. The number of hydrogen-bond donors (Lipinski definition) is 1. The van der Waals surface area contributed by atoms with Crippen LogP contribution in [0.2, 0.25) is 0 Å². The van der Waals surface area contributed by atoms with Crippen LogP contribution in [-0.4, -0.2) is 21.9 Å². The number of aryl methyl sites for hydroxylation is 2. The molecule has 3 aromatic rings. The topological polar surface area (TPSA) is 59.3 Å². The highest BCUT2D eigenvalue weighted by Crippen LogP contribution is 2.11. The van der Waals surface area contributed by atoms with Crippen molar-refractivity contribution in [3.8, 4) is 0 Å². The maximum absolute atomic E-state index is 12.2. The Kier molecular flexibility index (Phi) is 5.63. The number of amides is 1. The Hall–Kier alpha value is -2.73. The molecule has 0 saturated carbocycles. The molecule has 6 heteroatoms. The van der Waals surface area contributed by atoms with E-state index in [2.05, 4.69) is 31.6 Å². The van der Waals surface area contributed by atoms with E-state index in [0.29, 0.717) is 12.1 Å². The van der Waals surface area contributed by atoms with Gasteiger partial charge in [0, 0.05) is 15.7 Å². The first-order valence-electron chi connectivity index (χ1n) is 8.20. The monoisotopic (exact) mass is 410 g/mol. The first-order valence-corrected chi connectivity index (χ1v) is 8.99. The Balaban J connectivity index is 1.61. The van der Waals surface area contributed by atoms with Crippen LogP contribution in [0.15, 0.2) is 64.2 Å². The molecule has 0 aliphatic carbocycles. The Morgan fingerprint density at radius 1 is 1.19 bits per heavy atom. The Labute approximate surface area is 160 Å². The van der Waals surface area contributed by atoms with Crippen molar-refractivity contribution in [1.82, 2.24) is 15.2 Å². The lowest BCUT2D eigenvalue weighted by Crippen LogP contribution is -2.17. The second kappa shape index (κ2) is 8.10. The van der Waals surface area contributed by atoms with Gasteiger partial charge in [-0.2, -0.15) is 10.2 Å². The molecule has 0 aliphatic rings. The van der Waals surface area contributed by atoms with Gasteiger partial charge in [0.15, 0.2) is 0 Å². The number of hydrogen-bond acceptors (Lipinski definition) is 3. The van der Waals surface area contributed by atoms with Crippen LogP contribution >= 0.6 is 15.9 Å². The quantitative estimate of drug-likeness (QED) is 0.508. The van der Waals surface area contributed by atoms with Gasteiger partial charge in [0.1, 0.15) is 0 Å². The lowest BCUT2D eigenvalue weighted by molar-refractivity contribution is 0.0955. The van der Waals surface area contributed by atoms with E-state index in [1.54, 1.807) is 18.3 Å². The van der Waals surface area contributed by atoms with Crippen LogP contribution in [0.1, 0.15) is 32.9 Å². The van der Waals surface area contributed by atoms with Crippen molar-refractivity contribution < 1.29 is 4.79 Å². The molecule has 3 rings (SSSR count). The molecular weight excluding hydrogens is 392 g/mol. The highest BCUT2D eigenvalue weighted by Gasteiger charge is 2.06. The van der Waals surface area contributed by atoms with Crippen molar-refractivity contribution in [3.05, 3.63) is 87.1 Å². The minimum absolute atomic E-state index is 0.242. The largest absolute Gasteiger partial charge is 0.271 e. The number of halogens is 1. The lowest BCUT2D eigenvalue weighted by Gasteiger charge is -2.06. The van der Waals surface area contributed by atoms with Crippen molar-refractivity contribution in [1.29, 1.82) is 0 Å². The molecular formula is C20H19BrN4O. The molecule has 0 saturated heterocycles. The van der Waals surface area contributed by atoms with Crippen molar-refractivity contribution in [2.24, 2.45) is 5.10 Å². The van der Waals surface area contributed by atoms with Crippen molar-refractivity contribution in [2.75, 3.05) is 0 Å². The van der Waals surface area contributed by atoms with Gasteiger partial charge in [-0.25, -0.2) is 5.43 Å². The van der Waals surface area contributed by atoms with Gasteiger partial charge in [0.25, 0.3) is 5.91 Å². The van der Waals surface area contributed by atoms with Gasteiger partial charge in [-0.1, -0.05) is 40.2 Å². The number of hydrazone groups is 1. The second-order valence-electron chi connectivity index (χ2n) is 6.04. The Morgan fingerprint density at radius 2 is 1.96 bits per heavy atom. The summed E-state index contributed by atoms with van der Waals surface area (Å²) in [6.45, 7) is 4.69. The number of rotatable bonds is 5. The summed E-state index contributed by atoms with van der Waals surface area (Å²) in [7, 11) is 0. The molecule has 0 bridgehead atoms. The van der Waals surface area contributed by atoms with Crippen LogP contribution in [0, 0.1) is 13.8 Å². The number of nitrogens with one attached hydrogen (secondary N) is 1. The smallest absolute Gasteiger partial charge is 0.267 e. The molecule has 0 aliphatic heterocycles. The zero-order valence-electron chi connectivity index (χ0n) is 14.6. The molecule has 2 aromatic carbocycles. The van der Waals surface area contributed by atoms with E-state index in [4.69, 9.17) is 0 Å². The van der Waals surface area contributed by atoms with Crippen molar-refractivity contribution >= 4 is 28.1 Å². The van der Waals surface area contributed by atoms with E-state index >= 15 is 0 Å². The molecule has 1 aromatic heterocycles. The fraction of sp³-hybridized carbons (Fsp3) is 0.150. The van der Waals surface area contributed by atoms with Crippen LogP contribution in [0.5, 0.6) is 0 Å². The summed E-state index contributed by atoms with van der Waals surface area (Å²) in [6, 6.07) is 17.2. The SMILES string of the molecule is Cc1cc(C)n(Cc2ccc(C(=O)NN=Cc3cccc(Br)c3)cc2)n1. The summed E-state index contributed by atoms with van der Waals surface area (Å²) in [6.07, 6.45) is 1.61. The van der Waals surface area contributed by atoms with Gasteiger partial charge in [-0.15, -0.1) is 0 Å². The van der Waals surface area contributed by atoms with Gasteiger partial charge >= 0.3 is 0 Å². The molecule has 26 heavy (non-hydrogen) atoms. The third-order valence-corrected chi connectivity index (χ3v) is 4.37. The van der Waals surface area contributed by atoms with Gasteiger partial charge in [0.05, 0.1) is 18.5 Å². The number of aromatic nitrogens is 2. The maximum Gasteiger partial charge on any atom is 0.271 e. The van der Waals surface area contributed by atoms with E-state index in [1.807, 2.05) is 61.0 Å². The number of carbonyl (C=O) groups excluding carboxylic acids is 1. The standard InChI is InChI=1S/C20H19BrN4O/c1-14-10-15(2)25(24-14)13-16-6-8-18(9-7-16)20(26)23-22-12-17-4-3-5-19(21)11-17/h3-12H,13H2,1-2H3,(H,23,26). The summed E-state index contributed by atoms with van der Waals surface area (Å²) in [4.78, 5) is 12.2. The summed E-state index contributed by atoms with van der Waals surface area (Å²) in [5.41, 5.74) is 7.22. The maximum atomic E-state index is 12.2. The van der Waals surface area contributed by atoms with Gasteiger partial charge in [-0.3, -0.25) is 9.48 Å². The molecule has 1 amide bonds. The van der Waals surface area contributed by atoms with Crippen molar-refractivity contribution in [3.63, 3.8) is 0 Å². The summed E-state index contributed by atoms with van der Waals surface area (Å²) >= 11 is 3.40. The minimum Gasteiger partial charge on any atom is -0.267 e. The van der Waals surface area contributed by atoms with Crippen LogP contribution in [0.25, 0.3) is 0 Å². The molecule has 0 unspecified atom stereocenters. The van der Waals surface area contributed by atoms with Gasteiger partial charge in [0.2, 0.25) is 0 Å². The molecule has 1 heterocycles. The zero-order chi connectivity index (χ0) is 18.5. The average molecular weight is 411 g/mol. The van der Waals surface area contributed by atoms with Crippen LogP contribution < -0.4 is 5.43 Å². The average Bonchev–Trinajstić information content (AvgIpc) is 2.93. The van der Waals surface area contributed by atoms with E-state index in [1.165, 1.54) is 0 Å². The normalized spacial score (nSPS) is 11.0. The van der Waals surface area contributed by atoms with E-state index in [9.17, 15) is 4.79 Å². The molecule has 1 N–H and O–H groups in total. The fourth-order valence-electron chi connectivity index (χ4n) is 2.59. The first kappa shape index (κ1) is 18.1. The summed E-state index contributed by atoms with van der Waals surface area (Å²) < 4.78 is 2.91. The summed E-state index contributed by atoms with van der Waals surface area (Å²) in [5, 5.41) is 8.46. The molecule has 0 atom stereocenters. The lowest BCUT2D eigenvalue weighted by atomic mass is 10.1. The Bertz CT molecular complexity index is 945. The van der Waals surface area contributed by atoms with Crippen LogP contribution in [0.4, 0.5) is 0 Å². The molecule has 0 fully saturated rings. The van der Waals surface area contributed by atoms with Gasteiger partial charge < -0.3 is 0 Å². The molecule has 5 nitrogen and oxygen atoms in total. The predicted octanol–water partition coefficient (Wildman–Crippen LogP) is 4.07. The first-order chi connectivity index (χ1) is 12.5. The number of carbonyl (C=O) groups is 1. The van der Waals surface area contributed by atoms with Crippen LogP contribution in [0.3, 0.4) is 0 Å². The zero-order valence-corrected chi connectivity index (χ0v) is 16.2.